The van der Waals surface area contributed by atoms with Gasteiger partial charge in [-0.05, 0) is 36.8 Å². The second-order valence-electron chi connectivity index (χ2n) is 4.48. The minimum Gasteiger partial charge on any atom is -0.298 e. The van der Waals surface area contributed by atoms with Gasteiger partial charge in [0.2, 0.25) is 0 Å². The van der Waals surface area contributed by atoms with Gasteiger partial charge in [-0.2, -0.15) is 0 Å². The molecule has 1 heterocycles. The van der Waals surface area contributed by atoms with Crippen molar-refractivity contribution in [3.8, 4) is 0 Å². The lowest BCUT2D eigenvalue weighted by Gasteiger charge is -2.05. The van der Waals surface area contributed by atoms with E-state index in [1.54, 1.807) is 23.5 Å². The molecule has 112 valence electrons. The molecule has 1 amide bonds. The molecule has 1 aromatic heterocycles. The number of thioether (sulfide) groups is 2. The molecule has 0 fully saturated rings. The number of para-hydroxylation sites is 1. The predicted octanol–water partition coefficient (Wildman–Crippen LogP) is 4.99. The van der Waals surface area contributed by atoms with Crippen molar-refractivity contribution >= 4 is 56.1 Å². The molecule has 0 radical (unpaired) electrons. The van der Waals surface area contributed by atoms with Crippen LogP contribution in [0, 0.1) is 0 Å². The number of hydrogen-bond donors (Lipinski definition) is 1. The predicted molar refractivity (Wildman–Crippen MR) is 97.6 cm³/mol. The first-order valence-corrected chi connectivity index (χ1v) is 9.87. The van der Waals surface area contributed by atoms with Crippen molar-refractivity contribution in [1.29, 1.82) is 0 Å². The van der Waals surface area contributed by atoms with Crippen LogP contribution in [0.4, 0.5) is 5.13 Å². The fraction of sp³-hybridized carbons (Fsp3) is 0.125. The van der Waals surface area contributed by atoms with E-state index in [9.17, 15) is 4.79 Å². The molecule has 0 saturated heterocycles. The molecule has 0 aliphatic heterocycles. The molecule has 3 nitrogen and oxygen atoms in total. The lowest BCUT2D eigenvalue weighted by atomic mass is 10.2. The summed E-state index contributed by atoms with van der Waals surface area (Å²) in [6, 6.07) is 13.7. The Bertz CT molecular complexity index is 829. The van der Waals surface area contributed by atoms with Crippen LogP contribution in [-0.4, -0.2) is 23.4 Å². The standard InChI is InChI=1S/C16H14N2OS3/c1-20-11-7-4-3-6-10(11)15(19)18-16-17-14-12(21-2)8-5-9-13(14)22-16/h3-9H,1-2H3,(H,17,18,19). The number of aromatic nitrogens is 1. The molecule has 0 saturated carbocycles. The smallest absolute Gasteiger partial charge is 0.258 e. The third kappa shape index (κ3) is 2.99. The molecule has 22 heavy (non-hydrogen) atoms. The van der Waals surface area contributed by atoms with E-state index >= 15 is 0 Å². The summed E-state index contributed by atoms with van der Waals surface area (Å²) in [7, 11) is 0. The van der Waals surface area contributed by atoms with Gasteiger partial charge in [0.05, 0.1) is 15.8 Å². The highest BCUT2D eigenvalue weighted by Gasteiger charge is 2.14. The number of anilines is 1. The summed E-state index contributed by atoms with van der Waals surface area (Å²) in [4.78, 5) is 19.1. The largest absolute Gasteiger partial charge is 0.298 e. The van der Waals surface area contributed by atoms with Gasteiger partial charge in [-0.25, -0.2) is 4.98 Å². The second-order valence-corrected chi connectivity index (χ2v) is 7.21. The Balaban J connectivity index is 1.91. The van der Waals surface area contributed by atoms with Gasteiger partial charge in [0.25, 0.3) is 5.91 Å². The van der Waals surface area contributed by atoms with Crippen molar-refractivity contribution in [2.45, 2.75) is 9.79 Å². The molecule has 2 aromatic carbocycles. The first-order chi connectivity index (χ1) is 10.7. The molecular weight excluding hydrogens is 332 g/mol. The highest BCUT2D eigenvalue weighted by molar-refractivity contribution is 7.99. The van der Waals surface area contributed by atoms with Gasteiger partial charge in [-0.3, -0.25) is 10.1 Å². The van der Waals surface area contributed by atoms with E-state index < -0.39 is 0 Å². The van der Waals surface area contributed by atoms with Crippen LogP contribution in [0.3, 0.4) is 0 Å². The number of fused-ring (bicyclic) bond motifs is 1. The van der Waals surface area contributed by atoms with Gasteiger partial charge in [-0.15, -0.1) is 23.5 Å². The maximum atomic E-state index is 12.5. The second kappa shape index (κ2) is 6.73. The highest BCUT2D eigenvalue weighted by Crippen LogP contribution is 2.32. The van der Waals surface area contributed by atoms with Crippen molar-refractivity contribution in [1.82, 2.24) is 4.98 Å². The number of nitrogens with one attached hydrogen (secondary N) is 1. The van der Waals surface area contributed by atoms with Crippen LogP contribution >= 0.6 is 34.9 Å². The molecule has 0 bridgehead atoms. The maximum Gasteiger partial charge on any atom is 0.258 e. The number of nitrogens with zero attached hydrogens (tertiary/aromatic N) is 1. The van der Waals surface area contributed by atoms with E-state index in [0.717, 1.165) is 20.0 Å². The molecule has 0 aliphatic rings. The quantitative estimate of drug-likeness (QED) is 0.676. The number of amides is 1. The topological polar surface area (TPSA) is 42.0 Å². The Morgan fingerprint density at radius 2 is 1.77 bits per heavy atom. The van der Waals surface area contributed by atoms with E-state index in [-0.39, 0.29) is 5.91 Å². The molecule has 0 unspecified atom stereocenters. The summed E-state index contributed by atoms with van der Waals surface area (Å²) in [6.07, 6.45) is 4.00. The number of carbonyl (C=O) groups is 1. The maximum absolute atomic E-state index is 12.5. The zero-order valence-corrected chi connectivity index (χ0v) is 14.6. The van der Waals surface area contributed by atoms with Crippen LogP contribution in [0.5, 0.6) is 0 Å². The number of rotatable bonds is 4. The summed E-state index contributed by atoms with van der Waals surface area (Å²) < 4.78 is 1.08. The van der Waals surface area contributed by atoms with E-state index in [4.69, 9.17) is 0 Å². The zero-order valence-electron chi connectivity index (χ0n) is 12.1. The lowest BCUT2D eigenvalue weighted by Crippen LogP contribution is -2.12. The SMILES string of the molecule is CSc1ccccc1C(=O)Nc1nc2c(SC)cccc2s1. The van der Waals surface area contributed by atoms with Crippen LogP contribution in [0.1, 0.15) is 10.4 Å². The van der Waals surface area contributed by atoms with Crippen molar-refractivity contribution in [3.63, 3.8) is 0 Å². The van der Waals surface area contributed by atoms with Gasteiger partial charge in [0.1, 0.15) is 0 Å². The lowest BCUT2D eigenvalue weighted by molar-refractivity contribution is 0.102. The molecule has 1 N–H and O–H groups in total. The van der Waals surface area contributed by atoms with Crippen molar-refractivity contribution in [2.24, 2.45) is 0 Å². The van der Waals surface area contributed by atoms with Crippen LogP contribution in [-0.2, 0) is 0 Å². The van der Waals surface area contributed by atoms with Crippen LogP contribution < -0.4 is 5.32 Å². The third-order valence-corrected chi connectivity index (χ3v) is 5.68. The minimum absolute atomic E-state index is 0.116. The molecule has 0 spiro atoms. The zero-order chi connectivity index (χ0) is 15.5. The average Bonchev–Trinajstić information content (AvgIpc) is 2.96. The van der Waals surface area contributed by atoms with Crippen molar-refractivity contribution in [3.05, 3.63) is 48.0 Å². The fourth-order valence-electron chi connectivity index (χ4n) is 2.14. The monoisotopic (exact) mass is 346 g/mol. The van der Waals surface area contributed by atoms with E-state index in [1.165, 1.54) is 11.3 Å². The summed E-state index contributed by atoms with van der Waals surface area (Å²) in [5.41, 5.74) is 1.63. The third-order valence-electron chi connectivity index (χ3n) is 3.17. The van der Waals surface area contributed by atoms with Gasteiger partial charge in [0.15, 0.2) is 5.13 Å². The van der Waals surface area contributed by atoms with Crippen molar-refractivity contribution < 1.29 is 4.79 Å². The molecular formula is C16H14N2OS3. The number of benzene rings is 2. The van der Waals surface area contributed by atoms with Crippen molar-refractivity contribution in [2.75, 3.05) is 17.8 Å². The first kappa shape index (κ1) is 15.4. The molecule has 0 aliphatic carbocycles. The Hall–Kier alpha value is -1.50. The van der Waals surface area contributed by atoms with Gasteiger partial charge in [-0.1, -0.05) is 29.5 Å². The van der Waals surface area contributed by atoms with Gasteiger partial charge < -0.3 is 0 Å². The minimum atomic E-state index is -0.116. The summed E-state index contributed by atoms with van der Waals surface area (Å²) in [5.74, 6) is -0.116. The Morgan fingerprint density at radius 1 is 1.05 bits per heavy atom. The van der Waals surface area contributed by atoms with E-state index in [0.29, 0.717) is 10.7 Å². The van der Waals surface area contributed by atoms with Gasteiger partial charge >= 0.3 is 0 Å². The first-order valence-electron chi connectivity index (χ1n) is 6.61. The van der Waals surface area contributed by atoms with E-state index in [2.05, 4.69) is 10.3 Å². The number of hydrogen-bond acceptors (Lipinski definition) is 5. The normalized spacial score (nSPS) is 10.8. The highest BCUT2D eigenvalue weighted by atomic mass is 32.2. The fourth-order valence-corrected chi connectivity index (χ4v) is 4.25. The number of carbonyl (C=O) groups excluding carboxylic acids is 1. The molecule has 3 aromatic rings. The molecule has 6 heteroatoms. The van der Waals surface area contributed by atoms with Gasteiger partial charge in [0, 0.05) is 9.79 Å². The van der Waals surface area contributed by atoms with E-state index in [1.807, 2.05) is 55.0 Å². The van der Waals surface area contributed by atoms with Crippen LogP contribution in [0.25, 0.3) is 10.2 Å². The Morgan fingerprint density at radius 3 is 2.55 bits per heavy atom. The summed E-state index contributed by atoms with van der Waals surface area (Å²) in [6.45, 7) is 0. The molecule has 3 rings (SSSR count). The summed E-state index contributed by atoms with van der Waals surface area (Å²) in [5, 5.41) is 3.56. The Labute approximate surface area is 141 Å². The number of thiazole rings is 1. The van der Waals surface area contributed by atoms with Crippen LogP contribution in [0.2, 0.25) is 0 Å². The Kier molecular flexibility index (Phi) is 4.71. The average molecular weight is 347 g/mol. The summed E-state index contributed by atoms with van der Waals surface area (Å²) >= 11 is 4.73. The molecule has 0 atom stereocenters. The van der Waals surface area contributed by atoms with Crippen LogP contribution in [0.15, 0.2) is 52.3 Å².